The minimum Gasteiger partial charge on any atom is -0.389 e. The zero-order valence-corrected chi connectivity index (χ0v) is 11.1. The number of rotatable bonds is 3. The van der Waals surface area contributed by atoms with Crippen molar-refractivity contribution in [3.8, 4) is 0 Å². The van der Waals surface area contributed by atoms with Gasteiger partial charge in [0.2, 0.25) is 0 Å². The molecule has 0 aromatic rings. The molecule has 0 bridgehead atoms. The summed E-state index contributed by atoms with van der Waals surface area (Å²) in [7, 11) is 0. The van der Waals surface area contributed by atoms with Crippen molar-refractivity contribution in [1.82, 2.24) is 5.32 Å². The summed E-state index contributed by atoms with van der Waals surface area (Å²) in [6.07, 6.45) is 9.06. The molecule has 4 unspecified atom stereocenters. The number of aliphatic hydroxyl groups is 1. The van der Waals surface area contributed by atoms with E-state index in [-0.39, 0.29) is 0 Å². The molecule has 3 heteroatoms. The van der Waals surface area contributed by atoms with Crippen molar-refractivity contribution in [3.05, 3.63) is 0 Å². The highest BCUT2D eigenvalue weighted by Crippen LogP contribution is 2.32. The summed E-state index contributed by atoms with van der Waals surface area (Å²) >= 11 is 0. The Morgan fingerprint density at radius 2 is 2.12 bits per heavy atom. The molecule has 17 heavy (non-hydrogen) atoms. The lowest BCUT2D eigenvalue weighted by molar-refractivity contribution is -0.0147. The predicted octanol–water partition coefficient (Wildman–Crippen LogP) is 1.79. The Kier molecular flexibility index (Phi) is 4.45. The maximum atomic E-state index is 10.5. The summed E-state index contributed by atoms with van der Waals surface area (Å²) in [5.74, 6) is 0.671. The van der Waals surface area contributed by atoms with Crippen molar-refractivity contribution in [3.63, 3.8) is 0 Å². The van der Waals surface area contributed by atoms with Crippen molar-refractivity contribution in [1.29, 1.82) is 0 Å². The minimum atomic E-state index is -0.459. The first-order valence-corrected chi connectivity index (χ1v) is 7.29. The standard InChI is InChI=1S/C14H28N2O/c1-11-4-3-7-14(17,9-11)10-16-13-6-2-5-12(15)8-13/h11-13,16-17H,2-10,15H2,1H3. The predicted molar refractivity (Wildman–Crippen MR) is 70.8 cm³/mol. The highest BCUT2D eigenvalue weighted by Gasteiger charge is 2.33. The molecule has 0 aromatic heterocycles. The van der Waals surface area contributed by atoms with Gasteiger partial charge in [0.05, 0.1) is 5.60 Å². The molecule has 4 atom stereocenters. The Bertz CT molecular complexity index is 246. The fourth-order valence-electron chi connectivity index (χ4n) is 3.54. The van der Waals surface area contributed by atoms with E-state index in [4.69, 9.17) is 5.73 Å². The molecular weight excluding hydrogens is 212 g/mol. The number of nitrogens with two attached hydrogens (primary N) is 1. The van der Waals surface area contributed by atoms with Gasteiger partial charge in [-0.15, -0.1) is 0 Å². The summed E-state index contributed by atoms with van der Waals surface area (Å²) in [5.41, 5.74) is 5.53. The van der Waals surface area contributed by atoms with Gasteiger partial charge in [0.25, 0.3) is 0 Å². The van der Waals surface area contributed by atoms with Crippen LogP contribution in [0.3, 0.4) is 0 Å². The third kappa shape index (κ3) is 3.94. The molecule has 2 aliphatic carbocycles. The van der Waals surface area contributed by atoms with Crippen LogP contribution in [0.25, 0.3) is 0 Å². The van der Waals surface area contributed by atoms with Crippen LogP contribution in [-0.4, -0.2) is 29.3 Å². The summed E-state index contributed by atoms with van der Waals surface area (Å²) in [6, 6.07) is 0.890. The molecular formula is C14H28N2O. The first kappa shape index (κ1) is 13.3. The van der Waals surface area contributed by atoms with Crippen LogP contribution in [0.5, 0.6) is 0 Å². The number of nitrogens with one attached hydrogen (secondary N) is 1. The van der Waals surface area contributed by atoms with Crippen molar-refractivity contribution in [2.24, 2.45) is 11.7 Å². The van der Waals surface area contributed by atoms with Gasteiger partial charge in [-0.05, 0) is 38.0 Å². The molecule has 2 rings (SSSR count). The van der Waals surface area contributed by atoms with Crippen molar-refractivity contribution in [2.75, 3.05) is 6.54 Å². The fourth-order valence-corrected chi connectivity index (χ4v) is 3.54. The van der Waals surface area contributed by atoms with Crippen LogP contribution < -0.4 is 11.1 Å². The third-order valence-electron chi connectivity index (χ3n) is 4.50. The monoisotopic (exact) mass is 240 g/mol. The van der Waals surface area contributed by atoms with Crippen LogP contribution in [-0.2, 0) is 0 Å². The Morgan fingerprint density at radius 3 is 2.82 bits per heavy atom. The van der Waals surface area contributed by atoms with Crippen LogP contribution >= 0.6 is 0 Å². The lowest BCUT2D eigenvalue weighted by Gasteiger charge is -2.38. The first-order chi connectivity index (χ1) is 8.07. The van der Waals surface area contributed by atoms with E-state index >= 15 is 0 Å². The summed E-state index contributed by atoms with van der Waals surface area (Å²) in [5, 5.41) is 14.1. The molecule has 2 fully saturated rings. The van der Waals surface area contributed by atoms with Crippen LogP contribution in [0.4, 0.5) is 0 Å². The lowest BCUT2D eigenvalue weighted by Crippen LogP contribution is -2.49. The molecule has 0 saturated heterocycles. The van der Waals surface area contributed by atoms with Gasteiger partial charge < -0.3 is 16.2 Å². The second-order valence-corrected chi connectivity index (χ2v) is 6.43. The molecule has 0 aromatic carbocycles. The zero-order valence-electron chi connectivity index (χ0n) is 11.1. The molecule has 0 aliphatic heterocycles. The summed E-state index contributed by atoms with van der Waals surface area (Å²) in [4.78, 5) is 0. The van der Waals surface area contributed by atoms with E-state index in [0.717, 1.165) is 25.8 Å². The Hall–Kier alpha value is -0.120. The lowest BCUT2D eigenvalue weighted by atomic mass is 9.78. The highest BCUT2D eigenvalue weighted by molar-refractivity contribution is 4.89. The van der Waals surface area contributed by atoms with Gasteiger partial charge >= 0.3 is 0 Å². The van der Waals surface area contributed by atoms with E-state index in [9.17, 15) is 5.11 Å². The summed E-state index contributed by atoms with van der Waals surface area (Å²) < 4.78 is 0. The van der Waals surface area contributed by atoms with E-state index in [0.29, 0.717) is 18.0 Å². The van der Waals surface area contributed by atoms with Gasteiger partial charge in [0.1, 0.15) is 0 Å². The largest absolute Gasteiger partial charge is 0.389 e. The topological polar surface area (TPSA) is 58.3 Å². The van der Waals surface area contributed by atoms with E-state index < -0.39 is 5.60 Å². The molecule has 0 radical (unpaired) electrons. The zero-order chi connectivity index (χ0) is 12.3. The highest BCUT2D eigenvalue weighted by atomic mass is 16.3. The molecule has 0 amide bonds. The smallest absolute Gasteiger partial charge is 0.0774 e. The van der Waals surface area contributed by atoms with Gasteiger partial charge in [-0.2, -0.15) is 0 Å². The van der Waals surface area contributed by atoms with Gasteiger partial charge in [-0.25, -0.2) is 0 Å². The molecule has 3 nitrogen and oxygen atoms in total. The van der Waals surface area contributed by atoms with Crippen LogP contribution in [0.15, 0.2) is 0 Å². The maximum Gasteiger partial charge on any atom is 0.0774 e. The quantitative estimate of drug-likeness (QED) is 0.705. The first-order valence-electron chi connectivity index (χ1n) is 7.29. The Balaban J connectivity index is 1.76. The second-order valence-electron chi connectivity index (χ2n) is 6.43. The maximum absolute atomic E-state index is 10.5. The molecule has 4 N–H and O–H groups in total. The molecule has 0 heterocycles. The van der Waals surface area contributed by atoms with Crippen LogP contribution in [0, 0.1) is 5.92 Å². The molecule has 2 saturated carbocycles. The van der Waals surface area contributed by atoms with Gasteiger partial charge in [-0.1, -0.05) is 26.2 Å². The second kappa shape index (κ2) is 5.68. The van der Waals surface area contributed by atoms with E-state index in [2.05, 4.69) is 12.2 Å². The number of hydrogen-bond acceptors (Lipinski definition) is 3. The van der Waals surface area contributed by atoms with Gasteiger partial charge in [0.15, 0.2) is 0 Å². The third-order valence-corrected chi connectivity index (χ3v) is 4.50. The van der Waals surface area contributed by atoms with Crippen molar-refractivity contribution in [2.45, 2.75) is 76.0 Å². The van der Waals surface area contributed by atoms with Crippen LogP contribution in [0.2, 0.25) is 0 Å². The molecule has 0 spiro atoms. The molecule has 100 valence electrons. The van der Waals surface area contributed by atoms with Gasteiger partial charge in [-0.3, -0.25) is 0 Å². The normalized spacial score (nSPS) is 43.6. The van der Waals surface area contributed by atoms with Crippen LogP contribution in [0.1, 0.15) is 58.3 Å². The minimum absolute atomic E-state index is 0.362. The van der Waals surface area contributed by atoms with Crippen molar-refractivity contribution < 1.29 is 5.11 Å². The van der Waals surface area contributed by atoms with E-state index in [1.54, 1.807) is 0 Å². The Labute approximate surface area is 105 Å². The number of hydrogen-bond donors (Lipinski definition) is 3. The Morgan fingerprint density at radius 1 is 1.29 bits per heavy atom. The van der Waals surface area contributed by atoms with E-state index in [1.165, 1.54) is 32.1 Å². The SMILES string of the molecule is CC1CCCC(O)(CNC2CCCC(N)C2)C1. The molecule has 2 aliphatic rings. The van der Waals surface area contributed by atoms with Crippen molar-refractivity contribution >= 4 is 0 Å². The summed E-state index contributed by atoms with van der Waals surface area (Å²) in [6.45, 7) is 3.01. The average molecular weight is 240 g/mol. The average Bonchev–Trinajstić information content (AvgIpc) is 2.26. The fraction of sp³-hybridized carbons (Fsp3) is 1.00. The van der Waals surface area contributed by atoms with Gasteiger partial charge in [0, 0.05) is 18.6 Å². The van der Waals surface area contributed by atoms with E-state index in [1.807, 2.05) is 0 Å².